The van der Waals surface area contributed by atoms with Gasteiger partial charge in [-0.25, -0.2) is 9.97 Å². The smallest absolute Gasteiger partial charge is 0.160 e. The number of hydrogen-bond acceptors (Lipinski definition) is 2. The van der Waals surface area contributed by atoms with E-state index in [0.29, 0.717) is 0 Å². The fourth-order valence-corrected chi connectivity index (χ4v) is 11.3. The average Bonchev–Trinajstić information content (AvgIpc) is 3.41. The van der Waals surface area contributed by atoms with Crippen LogP contribution in [-0.2, 0) is 0 Å². The third kappa shape index (κ3) is 5.02. The van der Waals surface area contributed by atoms with E-state index in [1.54, 1.807) is 0 Å². The molecule has 7 aromatic carbocycles. The summed E-state index contributed by atoms with van der Waals surface area (Å²) in [6.07, 6.45) is 0. The zero-order valence-corrected chi connectivity index (χ0v) is 28.6. The summed E-state index contributed by atoms with van der Waals surface area (Å²) in [5.74, 6) is 0.770. The van der Waals surface area contributed by atoms with Crippen LogP contribution in [0.5, 0.6) is 0 Å². The highest BCUT2D eigenvalue weighted by Gasteiger charge is 2.43. The minimum absolute atomic E-state index is 0.770. The van der Waals surface area contributed by atoms with Gasteiger partial charge in [0, 0.05) is 16.7 Å². The summed E-state index contributed by atoms with van der Waals surface area (Å²) in [6.45, 7) is 4.94. The van der Waals surface area contributed by atoms with Gasteiger partial charge in [-0.1, -0.05) is 171 Å². The van der Waals surface area contributed by atoms with E-state index in [1.807, 2.05) is 6.07 Å². The molecule has 1 aliphatic heterocycles. The predicted octanol–water partition coefficient (Wildman–Crippen LogP) is 10.8. The van der Waals surface area contributed by atoms with E-state index in [2.05, 4.69) is 177 Å². The zero-order chi connectivity index (χ0) is 33.0. The maximum Gasteiger partial charge on any atom is 0.160 e. The minimum atomic E-state index is -2.20. The molecule has 0 saturated carbocycles. The molecule has 1 aromatic heterocycles. The number of rotatable bonds is 5. The van der Waals surface area contributed by atoms with Gasteiger partial charge in [-0.3, -0.25) is 0 Å². The Bertz CT molecular complexity index is 2500. The van der Waals surface area contributed by atoms with Crippen molar-refractivity contribution in [2.75, 3.05) is 0 Å². The second kappa shape index (κ2) is 11.7. The van der Waals surface area contributed by atoms with Crippen LogP contribution in [0.2, 0.25) is 13.1 Å². The van der Waals surface area contributed by atoms with E-state index in [4.69, 9.17) is 9.97 Å². The SMILES string of the molecule is C[Si]1(C)c2c(-c3cccc(-c4cccc(-c5ccc(-c6ccccc6)cc5)c4)c3)nc(-c3ccccc3)nc2-c2ccc3ccccc3c21. The second-order valence-electron chi connectivity index (χ2n) is 13.4. The van der Waals surface area contributed by atoms with Crippen molar-refractivity contribution in [3.05, 3.63) is 170 Å². The van der Waals surface area contributed by atoms with Crippen molar-refractivity contribution in [3.8, 4) is 67.3 Å². The van der Waals surface area contributed by atoms with Crippen molar-refractivity contribution in [3.63, 3.8) is 0 Å². The molecular weight excluding hydrogens is 609 g/mol. The van der Waals surface area contributed by atoms with Crippen LogP contribution < -0.4 is 10.4 Å². The summed E-state index contributed by atoms with van der Waals surface area (Å²) >= 11 is 0. The molecule has 1 aliphatic rings. The Morgan fingerprint density at radius 3 is 1.55 bits per heavy atom. The molecule has 0 amide bonds. The Kier molecular flexibility index (Phi) is 6.96. The minimum Gasteiger partial charge on any atom is -0.228 e. The molecular formula is C46H34N2Si. The first-order valence-corrected chi connectivity index (χ1v) is 19.9. The fraction of sp³-hybridized carbons (Fsp3) is 0.0435. The molecule has 0 unspecified atom stereocenters. The first-order valence-electron chi connectivity index (χ1n) is 16.9. The Hall–Kier alpha value is -5.90. The molecule has 49 heavy (non-hydrogen) atoms. The average molecular weight is 643 g/mol. The largest absolute Gasteiger partial charge is 0.228 e. The van der Waals surface area contributed by atoms with Gasteiger partial charge in [-0.2, -0.15) is 0 Å². The molecule has 232 valence electrons. The van der Waals surface area contributed by atoms with Crippen molar-refractivity contribution >= 4 is 29.2 Å². The maximum atomic E-state index is 5.40. The molecule has 0 spiro atoms. The van der Waals surface area contributed by atoms with Crippen molar-refractivity contribution in [1.29, 1.82) is 0 Å². The summed E-state index contributed by atoms with van der Waals surface area (Å²) in [4.78, 5) is 10.7. The summed E-state index contributed by atoms with van der Waals surface area (Å²) in [7, 11) is -2.20. The molecule has 0 bridgehead atoms. The molecule has 2 nitrogen and oxygen atoms in total. The predicted molar refractivity (Wildman–Crippen MR) is 209 cm³/mol. The lowest BCUT2D eigenvalue weighted by Crippen LogP contribution is -2.50. The third-order valence-electron chi connectivity index (χ3n) is 10.0. The summed E-state index contributed by atoms with van der Waals surface area (Å²) in [5, 5.41) is 5.40. The lowest BCUT2D eigenvalue weighted by atomic mass is 9.96. The Balaban J connectivity index is 1.17. The fourth-order valence-electron chi connectivity index (χ4n) is 7.65. The quantitative estimate of drug-likeness (QED) is 0.175. The third-order valence-corrected chi connectivity index (χ3v) is 13.5. The monoisotopic (exact) mass is 642 g/mol. The normalized spacial score (nSPS) is 12.9. The van der Waals surface area contributed by atoms with E-state index in [-0.39, 0.29) is 0 Å². The first-order chi connectivity index (χ1) is 24.0. The second-order valence-corrected chi connectivity index (χ2v) is 17.7. The van der Waals surface area contributed by atoms with Crippen molar-refractivity contribution in [2.24, 2.45) is 0 Å². The van der Waals surface area contributed by atoms with E-state index in [9.17, 15) is 0 Å². The van der Waals surface area contributed by atoms with Gasteiger partial charge in [-0.15, -0.1) is 0 Å². The van der Waals surface area contributed by atoms with Crippen molar-refractivity contribution in [2.45, 2.75) is 13.1 Å². The highest BCUT2D eigenvalue weighted by atomic mass is 28.3. The van der Waals surface area contributed by atoms with Crippen molar-refractivity contribution < 1.29 is 0 Å². The number of fused-ring (bicyclic) bond motifs is 5. The molecule has 0 atom stereocenters. The first kappa shape index (κ1) is 29.3. The van der Waals surface area contributed by atoms with Gasteiger partial charge in [0.15, 0.2) is 5.82 Å². The molecule has 0 saturated heterocycles. The maximum absolute atomic E-state index is 5.40. The number of hydrogen-bond donors (Lipinski definition) is 0. The Morgan fingerprint density at radius 1 is 0.367 bits per heavy atom. The van der Waals surface area contributed by atoms with Crippen LogP contribution in [0, 0.1) is 0 Å². The lowest BCUT2D eigenvalue weighted by Gasteiger charge is -2.23. The molecule has 0 N–H and O–H groups in total. The molecule has 0 aliphatic carbocycles. The van der Waals surface area contributed by atoms with Gasteiger partial charge in [0.25, 0.3) is 0 Å². The molecule has 9 rings (SSSR count). The molecule has 2 heterocycles. The van der Waals surface area contributed by atoms with Gasteiger partial charge in [0.05, 0.1) is 11.4 Å². The number of benzene rings is 7. The van der Waals surface area contributed by atoms with Gasteiger partial charge in [0.1, 0.15) is 8.07 Å². The van der Waals surface area contributed by atoms with E-state index in [1.165, 1.54) is 60.1 Å². The standard InChI is InChI=1S/C46H34N2Si/c1-49(2)44-40-22-10-9-15-34(40)27-28-41(44)43-45(49)42(47-46(48-43)35-16-7-4-8-17-35)39-21-12-20-38(30-39)37-19-11-18-36(29-37)33-25-23-32(24-26-33)31-13-5-3-6-14-31/h3-30H,1-2H3. The van der Waals surface area contributed by atoms with Crippen LogP contribution >= 0.6 is 0 Å². The van der Waals surface area contributed by atoms with E-state index in [0.717, 1.165) is 28.3 Å². The van der Waals surface area contributed by atoms with E-state index < -0.39 is 8.07 Å². The van der Waals surface area contributed by atoms with Crippen LogP contribution in [-0.4, -0.2) is 18.0 Å². The van der Waals surface area contributed by atoms with Gasteiger partial charge in [0.2, 0.25) is 0 Å². The summed E-state index contributed by atoms with van der Waals surface area (Å²) in [6, 6.07) is 60.9. The van der Waals surface area contributed by atoms with E-state index >= 15 is 0 Å². The number of nitrogens with zero attached hydrogens (tertiary/aromatic N) is 2. The van der Waals surface area contributed by atoms with Gasteiger partial charge >= 0.3 is 0 Å². The van der Waals surface area contributed by atoms with Crippen LogP contribution in [0.15, 0.2) is 170 Å². The van der Waals surface area contributed by atoms with Crippen LogP contribution in [0.3, 0.4) is 0 Å². The van der Waals surface area contributed by atoms with Crippen LogP contribution in [0.4, 0.5) is 0 Å². The topological polar surface area (TPSA) is 25.8 Å². The molecule has 0 fully saturated rings. The summed E-state index contributed by atoms with van der Waals surface area (Å²) < 4.78 is 0. The van der Waals surface area contributed by atoms with Crippen LogP contribution in [0.1, 0.15) is 0 Å². The van der Waals surface area contributed by atoms with Gasteiger partial charge < -0.3 is 0 Å². The highest BCUT2D eigenvalue weighted by Crippen LogP contribution is 2.37. The number of aromatic nitrogens is 2. The molecule has 0 radical (unpaired) electrons. The molecule has 8 aromatic rings. The van der Waals surface area contributed by atoms with Crippen LogP contribution in [0.25, 0.3) is 78.1 Å². The summed E-state index contributed by atoms with van der Waals surface area (Å²) in [5.41, 5.74) is 12.8. The van der Waals surface area contributed by atoms with Crippen molar-refractivity contribution in [1.82, 2.24) is 9.97 Å². The lowest BCUT2D eigenvalue weighted by molar-refractivity contribution is 1.20. The zero-order valence-electron chi connectivity index (χ0n) is 27.6. The highest BCUT2D eigenvalue weighted by molar-refractivity contribution is 7.05. The molecule has 3 heteroatoms. The Labute approximate surface area is 288 Å². The Morgan fingerprint density at radius 2 is 0.857 bits per heavy atom. The van der Waals surface area contributed by atoms with Gasteiger partial charge in [-0.05, 0) is 66.7 Å².